The second-order valence-electron chi connectivity index (χ2n) is 2.71. The van der Waals surface area contributed by atoms with Crippen LogP contribution in [-0.4, -0.2) is 24.9 Å². The molecule has 0 aliphatic carbocycles. The molecule has 66 valence electrons. The number of piperidine rings is 1. The molecule has 1 aliphatic rings. The van der Waals surface area contributed by atoms with Crippen LogP contribution in [0.5, 0.6) is 0 Å². The molecule has 0 spiro atoms. The Bertz CT molecular complexity index is 136. The Hall–Kier alpha value is -0.320. The number of nitrogens with one attached hydrogen (secondary N) is 1. The van der Waals surface area contributed by atoms with Gasteiger partial charge in [-0.2, -0.15) is 13.2 Å². The first kappa shape index (κ1) is 8.77. The van der Waals surface area contributed by atoms with Crippen LogP contribution >= 0.6 is 0 Å². The largest absolute Gasteiger partial charge is 0.422 e. The van der Waals surface area contributed by atoms with Gasteiger partial charge in [-0.05, 0) is 13.1 Å². The van der Waals surface area contributed by atoms with E-state index in [1.54, 1.807) is 0 Å². The Morgan fingerprint density at radius 2 is 1.55 bits per heavy atom. The lowest BCUT2D eigenvalue weighted by molar-refractivity contribution is -0.237. The summed E-state index contributed by atoms with van der Waals surface area (Å²) in [4.78, 5) is 0. The summed E-state index contributed by atoms with van der Waals surface area (Å²) in [6.45, 7) is 0.214. The SMILES string of the molecule is FC(F)(F)C1(F)CCNCC1. The molecule has 0 radical (unpaired) electrons. The molecule has 1 fully saturated rings. The van der Waals surface area contributed by atoms with Crippen LogP contribution in [0.3, 0.4) is 0 Å². The van der Waals surface area contributed by atoms with Crippen LogP contribution < -0.4 is 5.32 Å². The van der Waals surface area contributed by atoms with Crippen molar-refractivity contribution in [2.24, 2.45) is 0 Å². The van der Waals surface area contributed by atoms with Crippen molar-refractivity contribution in [2.45, 2.75) is 24.7 Å². The molecule has 0 bridgehead atoms. The average molecular weight is 171 g/mol. The summed E-state index contributed by atoms with van der Waals surface area (Å²) in [5.41, 5.74) is -2.95. The van der Waals surface area contributed by atoms with Crippen molar-refractivity contribution in [3.05, 3.63) is 0 Å². The molecule has 1 nitrogen and oxygen atoms in total. The van der Waals surface area contributed by atoms with Crippen LogP contribution in [-0.2, 0) is 0 Å². The van der Waals surface area contributed by atoms with Gasteiger partial charge < -0.3 is 5.32 Å². The Kier molecular flexibility index (Phi) is 2.09. The third kappa shape index (κ3) is 1.64. The fraction of sp³-hybridized carbons (Fsp3) is 1.00. The second kappa shape index (κ2) is 2.62. The van der Waals surface area contributed by atoms with Crippen molar-refractivity contribution in [3.63, 3.8) is 0 Å². The predicted molar refractivity (Wildman–Crippen MR) is 32.0 cm³/mol. The summed E-state index contributed by atoms with van der Waals surface area (Å²) in [5, 5.41) is 2.67. The first-order chi connectivity index (χ1) is 4.96. The van der Waals surface area contributed by atoms with E-state index in [9.17, 15) is 17.6 Å². The van der Waals surface area contributed by atoms with E-state index in [0.717, 1.165) is 0 Å². The molecule has 1 N–H and O–H groups in total. The lowest BCUT2D eigenvalue weighted by Gasteiger charge is -2.31. The molecule has 0 amide bonds. The molecule has 1 aliphatic heterocycles. The molecule has 5 heteroatoms. The zero-order valence-electron chi connectivity index (χ0n) is 5.84. The molecule has 0 atom stereocenters. The third-order valence-corrected chi connectivity index (χ3v) is 1.90. The molecular formula is C6H9F4N. The van der Waals surface area contributed by atoms with Gasteiger partial charge in [-0.3, -0.25) is 0 Å². The summed E-state index contributed by atoms with van der Waals surface area (Å²) in [7, 11) is 0. The van der Waals surface area contributed by atoms with Crippen LogP contribution in [0.25, 0.3) is 0 Å². The van der Waals surface area contributed by atoms with E-state index < -0.39 is 24.7 Å². The topological polar surface area (TPSA) is 12.0 Å². The minimum atomic E-state index is -4.70. The first-order valence-electron chi connectivity index (χ1n) is 3.42. The standard InChI is InChI=1S/C6H9F4N/c7-5(6(8,9)10)1-3-11-4-2-5/h11H,1-4H2. The summed E-state index contributed by atoms with van der Waals surface area (Å²) < 4.78 is 48.7. The third-order valence-electron chi connectivity index (χ3n) is 1.90. The minimum Gasteiger partial charge on any atom is -0.316 e. The molecule has 0 aromatic carbocycles. The maximum atomic E-state index is 12.9. The van der Waals surface area contributed by atoms with Crippen LogP contribution in [0.15, 0.2) is 0 Å². The van der Waals surface area contributed by atoms with E-state index in [4.69, 9.17) is 0 Å². The van der Waals surface area contributed by atoms with E-state index >= 15 is 0 Å². The number of alkyl halides is 4. The monoisotopic (exact) mass is 171 g/mol. The van der Waals surface area contributed by atoms with Gasteiger partial charge in [-0.25, -0.2) is 4.39 Å². The maximum Gasteiger partial charge on any atom is 0.422 e. The highest BCUT2D eigenvalue weighted by molar-refractivity contribution is 4.91. The molecule has 0 saturated carbocycles. The van der Waals surface area contributed by atoms with Crippen LogP contribution in [0.1, 0.15) is 12.8 Å². The van der Waals surface area contributed by atoms with E-state index in [1.165, 1.54) is 0 Å². The number of hydrogen-bond donors (Lipinski definition) is 1. The molecule has 11 heavy (non-hydrogen) atoms. The molecular weight excluding hydrogens is 162 g/mol. The van der Waals surface area contributed by atoms with Crippen molar-refractivity contribution in [1.82, 2.24) is 5.32 Å². The zero-order valence-corrected chi connectivity index (χ0v) is 5.84. The van der Waals surface area contributed by atoms with Crippen molar-refractivity contribution in [1.29, 1.82) is 0 Å². The van der Waals surface area contributed by atoms with Gasteiger partial charge in [0, 0.05) is 12.8 Å². The van der Waals surface area contributed by atoms with Gasteiger partial charge in [0.05, 0.1) is 0 Å². The predicted octanol–water partition coefficient (Wildman–Crippen LogP) is 1.64. The number of halogens is 4. The van der Waals surface area contributed by atoms with Gasteiger partial charge in [0.25, 0.3) is 0 Å². The summed E-state index contributed by atoms with van der Waals surface area (Å²) in [6.07, 6.45) is -5.62. The summed E-state index contributed by atoms with van der Waals surface area (Å²) in [5.74, 6) is 0. The van der Waals surface area contributed by atoms with Gasteiger partial charge >= 0.3 is 6.18 Å². The van der Waals surface area contributed by atoms with Crippen LogP contribution in [0, 0.1) is 0 Å². The first-order valence-corrected chi connectivity index (χ1v) is 3.42. The lowest BCUT2D eigenvalue weighted by atomic mass is 9.94. The van der Waals surface area contributed by atoms with E-state index in [-0.39, 0.29) is 13.1 Å². The Morgan fingerprint density at radius 1 is 1.09 bits per heavy atom. The highest BCUT2D eigenvalue weighted by Gasteiger charge is 2.55. The smallest absolute Gasteiger partial charge is 0.316 e. The minimum absolute atomic E-state index is 0.107. The normalized spacial score (nSPS) is 25.1. The van der Waals surface area contributed by atoms with Gasteiger partial charge in [0.2, 0.25) is 5.67 Å². The van der Waals surface area contributed by atoms with E-state index in [0.29, 0.717) is 0 Å². The van der Waals surface area contributed by atoms with Crippen molar-refractivity contribution < 1.29 is 17.6 Å². The van der Waals surface area contributed by atoms with Gasteiger partial charge in [0.15, 0.2) is 0 Å². The van der Waals surface area contributed by atoms with E-state index in [2.05, 4.69) is 5.32 Å². The molecule has 1 saturated heterocycles. The van der Waals surface area contributed by atoms with Crippen LogP contribution in [0.4, 0.5) is 17.6 Å². The zero-order chi connectivity index (χ0) is 8.54. The Labute approximate surface area is 61.8 Å². The molecule has 0 unspecified atom stereocenters. The highest BCUT2D eigenvalue weighted by Crippen LogP contribution is 2.40. The van der Waals surface area contributed by atoms with Gasteiger partial charge in [0.1, 0.15) is 0 Å². The fourth-order valence-electron chi connectivity index (χ4n) is 1.11. The van der Waals surface area contributed by atoms with Gasteiger partial charge in [-0.15, -0.1) is 0 Å². The average Bonchev–Trinajstić information content (AvgIpc) is 1.87. The maximum absolute atomic E-state index is 12.9. The van der Waals surface area contributed by atoms with E-state index in [1.807, 2.05) is 0 Å². The van der Waals surface area contributed by atoms with Gasteiger partial charge in [-0.1, -0.05) is 0 Å². The second-order valence-corrected chi connectivity index (χ2v) is 2.71. The molecule has 1 rings (SSSR count). The fourth-order valence-corrected chi connectivity index (χ4v) is 1.11. The Balaban J connectivity index is 2.64. The van der Waals surface area contributed by atoms with Crippen molar-refractivity contribution >= 4 is 0 Å². The molecule has 0 aromatic rings. The summed E-state index contributed by atoms with van der Waals surface area (Å²) >= 11 is 0. The molecule has 1 heterocycles. The quantitative estimate of drug-likeness (QED) is 0.546. The number of hydrogen-bond acceptors (Lipinski definition) is 1. The molecule has 0 aromatic heterocycles. The van der Waals surface area contributed by atoms with Crippen molar-refractivity contribution in [3.8, 4) is 0 Å². The number of rotatable bonds is 0. The van der Waals surface area contributed by atoms with Crippen LogP contribution in [0.2, 0.25) is 0 Å². The Morgan fingerprint density at radius 3 is 1.82 bits per heavy atom. The summed E-state index contributed by atoms with van der Waals surface area (Å²) in [6, 6.07) is 0. The highest BCUT2D eigenvalue weighted by atomic mass is 19.4. The lowest BCUT2D eigenvalue weighted by Crippen LogP contribution is -2.48. The van der Waals surface area contributed by atoms with Crippen molar-refractivity contribution in [2.75, 3.05) is 13.1 Å².